The van der Waals surface area contributed by atoms with E-state index in [9.17, 15) is 24.9 Å². The van der Waals surface area contributed by atoms with Crippen LogP contribution in [0.2, 0.25) is 0 Å². The topological polar surface area (TPSA) is 116 Å². The van der Waals surface area contributed by atoms with Crippen LogP contribution in [0.25, 0.3) is 0 Å². The van der Waals surface area contributed by atoms with E-state index in [1.165, 1.54) is 76.8 Å². The molecule has 4 N–H and O–H groups in total. The highest BCUT2D eigenvalue weighted by Gasteiger charge is 2.48. The van der Waals surface area contributed by atoms with Crippen LogP contribution in [-0.4, -0.2) is 51.6 Å². The SMILES string of the molecule is CCCCCCCCCCCCCCCC=CNC(=O)[C@H](O)[C@H]1OC(=O)[C@@H](O)[C@H]1O. The molecule has 0 unspecified atom stereocenters. The number of carbonyl (C=O) groups excluding carboxylic acids is 2. The molecule has 0 aromatic heterocycles. The number of esters is 1. The minimum Gasteiger partial charge on any atom is -0.454 e. The average Bonchev–Trinajstić information content (AvgIpc) is 3.00. The molecule has 174 valence electrons. The van der Waals surface area contributed by atoms with E-state index < -0.39 is 36.3 Å². The molecule has 0 aromatic rings. The molecule has 1 amide bonds. The molecule has 1 aliphatic rings. The van der Waals surface area contributed by atoms with Crippen molar-refractivity contribution in [1.29, 1.82) is 0 Å². The molecule has 1 fully saturated rings. The number of unbranched alkanes of at least 4 members (excludes halogenated alkanes) is 13. The number of aliphatic hydroxyl groups is 3. The zero-order valence-electron chi connectivity index (χ0n) is 18.4. The van der Waals surface area contributed by atoms with Gasteiger partial charge in [-0.3, -0.25) is 4.79 Å². The third-order valence-electron chi connectivity index (χ3n) is 5.55. The number of hydrogen-bond acceptors (Lipinski definition) is 6. The van der Waals surface area contributed by atoms with E-state index >= 15 is 0 Å². The van der Waals surface area contributed by atoms with Gasteiger partial charge >= 0.3 is 5.97 Å². The van der Waals surface area contributed by atoms with E-state index in [1.54, 1.807) is 0 Å². The van der Waals surface area contributed by atoms with Crippen LogP contribution in [0.3, 0.4) is 0 Å². The molecule has 0 radical (unpaired) electrons. The van der Waals surface area contributed by atoms with Gasteiger partial charge < -0.3 is 25.4 Å². The largest absolute Gasteiger partial charge is 0.454 e. The number of aliphatic hydroxyl groups excluding tert-OH is 3. The summed E-state index contributed by atoms with van der Waals surface area (Å²) < 4.78 is 4.63. The molecule has 7 nitrogen and oxygen atoms in total. The first kappa shape index (κ1) is 26.6. The van der Waals surface area contributed by atoms with E-state index in [2.05, 4.69) is 17.0 Å². The second kappa shape index (κ2) is 16.3. The zero-order valence-corrected chi connectivity index (χ0v) is 18.4. The van der Waals surface area contributed by atoms with Gasteiger partial charge in [0, 0.05) is 0 Å². The van der Waals surface area contributed by atoms with Gasteiger partial charge in [-0.1, -0.05) is 90.0 Å². The third kappa shape index (κ3) is 10.5. The summed E-state index contributed by atoms with van der Waals surface area (Å²) in [6, 6.07) is 0. The summed E-state index contributed by atoms with van der Waals surface area (Å²) in [7, 11) is 0. The van der Waals surface area contributed by atoms with Gasteiger partial charge in [-0.25, -0.2) is 4.79 Å². The summed E-state index contributed by atoms with van der Waals surface area (Å²) in [6.45, 7) is 2.25. The Morgan fingerprint density at radius 2 is 1.47 bits per heavy atom. The van der Waals surface area contributed by atoms with E-state index in [-0.39, 0.29) is 0 Å². The standard InChI is InChI=1S/C23H41NO6/c1-2-3-4-5-6-7-8-9-10-11-12-13-14-15-16-17-24-22(28)20(27)21-18(25)19(26)23(29)30-21/h16-21,25-27H,2-15H2,1H3,(H,24,28)/t18-,19+,20-,21+/m1/s1. The number of amides is 1. The summed E-state index contributed by atoms with van der Waals surface area (Å²) in [5.74, 6) is -1.83. The quantitative estimate of drug-likeness (QED) is 0.209. The highest BCUT2D eigenvalue weighted by Crippen LogP contribution is 2.19. The van der Waals surface area contributed by atoms with Crippen LogP contribution in [-0.2, 0) is 14.3 Å². The van der Waals surface area contributed by atoms with Gasteiger partial charge in [0.05, 0.1) is 0 Å². The van der Waals surface area contributed by atoms with Gasteiger partial charge in [0.15, 0.2) is 18.3 Å². The van der Waals surface area contributed by atoms with Crippen LogP contribution in [0.5, 0.6) is 0 Å². The van der Waals surface area contributed by atoms with Crippen LogP contribution in [0, 0.1) is 0 Å². The van der Waals surface area contributed by atoms with Crippen LogP contribution in [0.4, 0.5) is 0 Å². The molecule has 0 bridgehead atoms. The fourth-order valence-electron chi connectivity index (χ4n) is 3.58. The van der Waals surface area contributed by atoms with Crippen LogP contribution in [0.1, 0.15) is 96.8 Å². The Morgan fingerprint density at radius 1 is 0.967 bits per heavy atom. The lowest BCUT2D eigenvalue weighted by Gasteiger charge is -2.18. The van der Waals surface area contributed by atoms with Crippen molar-refractivity contribution >= 4 is 11.9 Å². The molecule has 4 atom stereocenters. The summed E-state index contributed by atoms with van der Waals surface area (Å²) in [6.07, 6.45) is 14.5. The predicted octanol–water partition coefficient (Wildman–Crippen LogP) is 3.11. The number of hydrogen-bond donors (Lipinski definition) is 4. The van der Waals surface area contributed by atoms with E-state index in [1.807, 2.05) is 6.08 Å². The molecule has 0 aromatic carbocycles. The minimum absolute atomic E-state index is 0.789. The Kier molecular flexibility index (Phi) is 14.4. The summed E-state index contributed by atoms with van der Waals surface area (Å²) >= 11 is 0. The highest BCUT2D eigenvalue weighted by molar-refractivity contribution is 5.84. The number of ether oxygens (including phenoxy) is 1. The lowest BCUT2D eigenvalue weighted by Crippen LogP contribution is -2.46. The van der Waals surface area contributed by atoms with Gasteiger partial charge in [-0.05, 0) is 19.0 Å². The van der Waals surface area contributed by atoms with Crippen molar-refractivity contribution < 1.29 is 29.6 Å². The molecule has 30 heavy (non-hydrogen) atoms. The molecule has 7 heteroatoms. The number of allylic oxidation sites excluding steroid dienone is 1. The van der Waals surface area contributed by atoms with Crippen molar-refractivity contribution in [3.05, 3.63) is 12.3 Å². The number of rotatable bonds is 17. The molecule has 1 saturated heterocycles. The summed E-state index contributed by atoms with van der Waals surface area (Å²) in [4.78, 5) is 23.0. The average molecular weight is 428 g/mol. The van der Waals surface area contributed by atoms with Crippen molar-refractivity contribution in [2.24, 2.45) is 0 Å². The first-order valence-corrected chi connectivity index (χ1v) is 11.7. The smallest absolute Gasteiger partial charge is 0.338 e. The Morgan fingerprint density at radius 3 is 1.93 bits per heavy atom. The normalized spacial score (nSPS) is 22.4. The predicted molar refractivity (Wildman–Crippen MR) is 115 cm³/mol. The number of nitrogens with one attached hydrogen (secondary N) is 1. The maximum atomic E-state index is 11.8. The summed E-state index contributed by atoms with van der Waals surface area (Å²) in [5.41, 5.74) is 0. The first-order chi connectivity index (χ1) is 14.5. The zero-order chi connectivity index (χ0) is 22.2. The lowest BCUT2D eigenvalue weighted by atomic mass is 10.0. The van der Waals surface area contributed by atoms with E-state index in [4.69, 9.17) is 0 Å². The van der Waals surface area contributed by atoms with Gasteiger partial charge in [0.2, 0.25) is 0 Å². The molecular weight excluding hydrogens is 386 g/mol. The first-order valence-electron chi connectivity index (χ1n) is 11.7. The van der Waals surface area contributed by atoms with Crippen LogP contribution < -0.4 is 5.32 Å². The van der Waals surface area contributed by atoms with E-state index in [0.717, 1.165) is 19.3 Å². The molecule has 0 spiro atoms. The molecule has 0 aliphatic carbocycles. The van der Waals surface area contributed by atoms with Crippen molar-refractivity contribution in [3.63, 3.8) is 0 Å². The van der Waals surface area contributed by atoms with Crippen LogP contribution in [0.15, 0.2) is 12.3 Å². The monoisotopic (exact) mass is 427 g/mol. The second-order valence-corrected chi connectivity index (χ2v) is 8.22. The number of cyclic esters (lactones) is 1. The maximum Gasteiger partial charge on any atom is 0.338 e. The van der Waals surface area contributed by atoms with E-state index in [0.29, 0.717) is 0 Å². The molecule has 0 saturated carbocycles. The lowest BCUT2D eigenvalue weighted by molar-refractivity contribution is -0.153. The van der Waals surface area contributed by atoms with Crippen molar-refractivity contribution in [3.8, 4) is 0 Å². The minimum atomic E-state index is -1.73. The number of carbonyl (C=O) groups is 2. The second-order valence-electron chi connectivity index (χ2n) is 8.22. The Balaban J connectivity index is 1.94. The Bertz CT molecular complexity index is 510. The van der Waals surface area contributed by atoms with Gasteiger partial charge in [-0.2, -0.15) is 0 Å². The summed E-state index contributed by atoms with van der Waals surface area (Å²) in [5, 5.41) is 31.2. The van der Waals surface area contributed by atoms with Crippen LogP contribution >= 0.6 is 0 Å². The third-order valence-corrected chi connectivity index (χ3v) is 5.55. The fraction of sp³-hybridized carbons (Fsp3) is 0.826. The van der Waals surface area contributed by atoms with Crippen molar-refractivity contribution in [2.75, 3.05) is 0 Å². The molecule has 1 rings (SSSR count). The maximum absolute atomic E-state index is 11.8. The molecule has 1 aliphatic heterocycles. The van der Waals surface area contributed by atoms with Gasteiger partial charge in [0.1, 0.15) is 6.10 Å². The fourth-order valence-corrected chi connectivity index (χ4v) is 3.58. The Labute approximate surface area is 180 Å². The van der Waals surface area contributed by atoms with Gasteiger partial charge in [0.25, 0.3) is 5.91 Å². The van der Waals surface area contributed by atoms with Crippen molar-refractivity contribution in [2.45, 2.75) is 121 Å². The molecule has 1 heterocycles. The molecular formula is C23H41NO6. The highest BCUT2D eigenvalue weighted by atomic mass is 16.6. The van der Waals surface area contributed by atoms with Gasteiger partial charge in [-0.15, -0.1) is 0 Å². The Hall–Kier alpha value is -1.44. The van der Waals surface area contributed by atoms with Crippen molar-refractivity contribution in [1.82, 2.24) is 5.32 Å².